The van der Waals surface area contributed by atoms with E-state index in [0.717, 1.165) is 0 Å². The summed E-state index contributed by atoms with van der Waals surface area (Å²) in [6.45, 7) is 11.4. The molecule has 0 aromatic heterocycles. The predicted octanol–water partition coefficient (Wildman–Crippen LogP) is 8.10. The average Bonchev–Trinajstić information content (AvgIpc) is 3.37. The molecule has 3 aromatic carbocycles. The van der Waals surface area contributed by atoms with Crippen molar-refractivity contribution in [2.45, 2.75) is 52.5 Å². The van der Waals surface area contributed by atoms with E-state index in [-0.39, 0.29) is 6.04 Å². The molecule has 0 spiro atoms. The molecule has 36 heavy (non-hydrogen) atoms. The summed E-state index contributed by atoms with van der Waals surface area (Å²) in [5.41, 5.74) is 5.18. The normalized spacial score (nSPS) is 16.3. The standard InChI is InChI=1S/C33H40N2P/c1-24(2)29-20-14-21-30(25(3)4)33(29)34-36(27-16-10-8-11-17-27,28-18-12-9-13-19-28)32-23-15-22-31(32)26(5)35(6)7/h8-26H,1-7H3/t26-/m0/s1. The molecule has 187 valence electrons. The minimum Gasteiger partial charge on any atom is -0.306 e. The number of nitrogens with zero attached hydrogens (tertiary/aromatic N) is 2. The zero-order chi connectivity index (χ0) is 25.9. The van der Waals surface area contributed by atoms with Gasteiger partial charge in [0.2, 0.25) is 0 Å². The minimum atomic E-state index is -2.39. The van der Waals surface area contributed by atoms with Crippen LogP contribution in [0.3, 0.4) is 0 Å². The highest BCUT2D eigenvalue weighted by Crippen LogP contribution is 2.67. The maximum absolute atomic E-state index is 6.01. The van der Waals surface area contributed by atoms with E-state index in [4.69, 9.17) is 4.74 Å². The van der Waals surface area contributed by atoms with Crippen molar-refractivity contribution in [1.29, 1.82) is 0 Å². The van der Waals surface area contributed by atoms with Crippen molar-refractivity contribution >= 4 is 23.4 Å². The average molecular weight is 496 g/mol. The molecule has 1 atom stereocenters. The van der Waals surface area contributed by atoms with Crippen LogP contribution in [0.15, 0.2) is 83.6 Å². The fraction of sp³-hybridized carbons (Fsp3) is 0.303. The van der Waals surface area contributed by atoms with Crippen LogP contribution >= 0.6 is 7.05 Å². The van der Waals surface area contributed by atoms with E-state index in [1.807, 2.05) is 0 Å². The molecule has 0 amide bonds. The molecule has 0 aliphatic heterocycles. The first-order valence-electron chi connectivity index (χ1n) is 13.1. The second-order valence-corrected chi connectivity index (χ2v) is 13.5. The maximum atomic E-state index is 6.01. The van der Waals surface area contributed by atoms with Crippen molar-refractivity contribution < 1.29 is 0 Å². The van der Waals surface area contributed by atoms with Gasteiger partial charge in [0.05, 0.1) is 5.69 Å². The lowest BCUT2D eigenvalue weighted by Gasteiger charge is -2.39. The van der Waals surface area contributed by atoms with Crippen molar-refractivity contribution in [1.82, 2.24) is 4.90 Å². The van der Waals surface area contributed by atoms with Gasteiger partial charge in [-0.25, -0.2) is 0 Å². The van der Waals surface area contributed by atoms with Crippen LogP contribution in [0.5, 0.6) is 0 Å². The van der Waals surface area contributed by atoms with Crippen LogP contribution in [0.4, 0.5) is 5.69 Å². The van der Waals surface area contributed by atoms with Crippen LogP contribution in [-0.4, -0.2) is 25.0 Å². The van der Waals surface area contributed by atoms with E-state index in [9.17, 15) is 0 Å². The zero-order valence-corrected chi connectivity index (χ0v) is 23.7. The molecule has 1 aliphatic rings. The molecule has 3 aromatic rings. The number of hydrogen-bond donors (Lipinski definition) is 0. The van der Waals surface area contributed by atoms with Crippen LogP contribution in [0, 0.1) is 30.8 Å². The molecule has 2 nitrogen and oxygen atoms in total. The van der Waals surface area contributed by atoms with Gasteiger partial charge in [-0.15, -0.1) is 0 Å². The molecule has 1 saturated carbocycles. The number of rotatable bonds is 8. The fourth-order valence-corrected chi connectivity index (χ4v) is 8.88. The van der Waals surface area contributed by atoms with Gasteiger partial charge < -0.3 is 4.90 Å². The van der Waals surface area contributed by atoms with E-state index in [0.29, 0.717) is 11.8 Å². The Balaban J connectivity index is 2.15. The van der Waals surface area contributed by atoms with Crippen LogP contribution < -0.4 is 10.6 Å². The Labute approximate surface area is 220 Å². The number of hydrogen-bond acceptors (Lipinski definition) is 2. The summed E-state index contributed by atoms with van der Waals surface area (Å²) in [5.74, 6) is 2.13. The largest absolute Gasteiger partial charge is 0.306 e. The Morgan fingerprint density at radius 3 is 1.58 bits per heavy atom. The number of benzene rings is 3. The zero-order valence-electron chi connectivity index (χ0n) is 22.8. The summed E-state index contributed by atoms with van der Waals surface area (Å²) in [6.07, 6.45) is 6.85. The first-order chi connectivity index (χ1) is 17.3. The Bertz CT molecular complexity index is 1110. The fourth-order valence-electron chi connectivity index (χ4n) is 5.01. The molecule has 1 fully saturated rings. The molecule has 5 radical (unpaired) electrons. The van der Waals surface area contributed by atoms with E-state index in [2.05, 4.69) is 152 Å². The van der Waals surface area contributed by atoms with Gasteiger partial charge in [0.15, 0.2) is 0 Å². The summed E-state index contributed by atoms with van der Waals surface area (Å²) < 4.78 is 6.01. The van der Waals surface area contributed by atoms with Crippen molar-refractivity contribution in [3.63, 3.8) is 0 Å². The van der Waals surface area contributed by atoms with Gasteiger partial charge in [0.1, 0.15) is 0 Å². The lowest BCUT2D eigenvalue weighted by Crippen LogP contribution is -2.35. The van der Waals surface area contributed by atoms with Crippen LogP contribution in [0.1, 0.15) is 57.6 Å². The van der Waals surface area contributed by atoms with Gasteiger partial charge in [0.25, 0.3) is 0 Å². The highest BCUT2D eigenvalue weighted by molar-refractivity contribution is 7.84. The Hall–Kier alpha value is -2.15. The van der Waals surface area contributed by atoms with Crippen molar-refractivity contribution in [3.05, 3.63) is 121 Å². The summed E-state index contributed by atoms with van der Waals surface area (Å²) in [7, 11) is 1.93. The van der Waals surface area contributed by atoms with E-state index < -0.39 is 7.05 Å². The molecule has 0 saturated heterocycles. The second-order valence-electron chi connectivity index (χ2n) is 10.5. The van der Waals surface area contributed by atoms with Gasteiger partial charge in [-0.3, -0.25) is 4.74 Å². The first-order valence-corrected chi connectivity index (χ1v) is 14.8. The van der Waals surface area contributed by atoms with Gasteiger partial charge in [-0.1, -0.05) is 107 Å². The molecule has 0 heterocycles. The lowest BCUT2D eigenvalue weighted by atomic mass is 9.93. The molecule has 0 unspecified atom stereocenters. The van der Waals surface area contributed by atoms with Crippen molar-refractivity contribution in [2.24, 2.45) is 4.74 Å². The quantitative estimate of drug-likeness (QED) is 0.288. The smallest absolute Gasteiger partial charge is 0.0690 e. The van der Waals surface area contributed by atoms with E-state index >= 15 is 0 Å². The maximum Gasteiger partial charge on any atom is 0.0690 e. The van der Waals surface area contributed by atoms with E-state index in [1.54, 1.807) is 0 Å². The summed E-state index contributed by atoms with van der Waals surface area (Å²) in [5, 5.41) is 2.59. The first kappa shape index (κ1) is 26.9. The van der Waals surface area contributed by atoms with Gasteiger partial charge in [0, 0.05) is 24.7 Å². The Kier molecular flexibility index (Phi) is 8.59. The summed E-state index contributed by atoms with van der Waals surface area (Å²) >= 11 is 0. The van der Waals surface area contributed by atoms with Gasteiger partial charge in [-0.05, 0) is 73.9 Å². The monoisotopic (exact) mass is 495 g/mol. The molecular formula is C33H40N2P. The Morgan fingerprint density at radius 1 is 0.639 bits per heavy atom. The van der Waals surface area contributed by atoms with Crippen LogP contribution in [0.2, 0.25) is 0 Å². The molecular weight excluding hydrogens is 455 g/mol. The SMILES string of the molecule is CC(C)c1cccc(C(C)C)c1N=P([C]1[CH][CH][CH][C]1[C@H](C)N(C)C)(c1ccccc1)c1ccccc1. The summed E-state index contributed by atoms with van der Waals surface area (Å²) in [4.78, 5) is 2.30. The molecule has 0 N–H and O–H groups in total. The lowest BCUT2D eigenvalue weighted by molar-refractivity contribution is 0.333. The topological polar surface area (TPSA) is 15.6 Å². The third-order valence-electron chi connectivity index (χ3n) is 7.25. The van der Waals surface area contributed by atoms with Crippen molar-refractivity contribution in [2.75, 3.05) is 14.1 Å². The van der Waals surface area contributed by atoms with Crippen molar-refractivity contribution in [3.8, 4) is 0 Å². The highest BCUT2D eigenvalue weighted by atomic mass is 31.2. The summed E-state index contributed by atoms with van der Waals surface area (Å²) in [6, 6.07) is 29.1. The molecule has 0 bridgehead atoms. The van der Waals surface area contributed by atoms with Gasteiger partial charge >= 0.3 is 0 Å². The molecule has 3 heteroatoms. The second kappa shape index (κ2) is 11.5. The molecule has 1 aliphatic carbocycles. The third kappa shape index (κ3) is 5.13. The van der Waals surface area contributed by atoms with Crippen LogP contribution in [-0.2, 0) is 0 Å². The predicted molar refractivity (Wildman–Crippen MR) is 158 cm³/mol. The van der Waals surface area contributed by atoms with Gasteiger partial charge in [-0.2, -0.15) is 0 Å². The minimum absolute atomic E-state index is 0.280. The highest BCUT2D eigenvalue weighted by Gasteiger charge is 2.46. The molecule has 4 rings (SSSR count). The third-order valence-corrected chi connectivity index (χ3v) is 10.9. The van der Waals surface area contributed by atoms with Crippen LogP contribution in [0.25, 0.3) is 0 Å². The van der Waals surface area contributed by atoms with E-state index in [1.165, 1.54) is 39.0 Å². The Morgan fingerprint density at radius 2 is 1.14 bits per heavy atom.